The van der Waals surface area contributed by atoms with Crippen LogP contribution in [0.2, 0.25) is 5.02 Å². The van der Waals surface area contributed by atoms with Crippen molar-refractivity contribution in [1.29, 1.82) is 0 Å². The van der Waals surface area contributed by atoms with Crippen molar-refractivity contribution in [3.8, 4) is 11.5 Å². The van der Waals surface area contributed by atoms with Gasteiger partial charge in [-0.2, -0.15) is 4.98 Å². The molecule has 0 amide bonds. The van der Waals surface area contributed by atoms with Crippen molar-refractivity contribution in [2.45, 2.75) is 16.8 Å². The first kappa shape index (κ1) is 20.7. The predicted molar refractivity (Wildman–Crippen MR) is 121 cm³/mol. The summed E-state index contributed by atoms with van der Waals surface area (Å²) in [5, 5.41) is 3.40. The Morgan fingerprint density at radius 3 is 2.37 bits per heavy atom. The Morgan fingerprint density at radius 2 is 1.70 bits per heavy atom. The third-order valence-electron chi connectivity index (χ3n) is 4.34. The molecule has 0 atom stereocenters. The van der Waals surface area contributed by atoms with E-state index in [0.29, 0.717) is 16.3 Å². The van der Waals surface area contributed by atoms with Gasteiger partial charge in [-0.05, 0) is 67.6 Å². The zero-order valence-electron chi connectivity index (χ0n) is 15.8. The molecule has 4 aromatic rings. The molecule has 0 unspecified atom stereocenters. The number of anilines is 2. The highest BCUT2D eigenvalue weighted by Crippen LogP contribution is 2.34. The summed E-state index contributed by atoms with van der Waals surface area (Å²) >= 11 is 9.27. The van der Waals surface area contributed by atoms with Crippen LogP contribution in [0.1, 0.15) is 5.56 Å². The summed E-state index contributed by atoms with van der Waals surface area (Å²) in [6.45, 7) is 1.94. The van der Waals surface area contributed by atoms with Crippen LogP contribution < -0.4 is 5.32 Å². The van der Waals surface area contributed by atoms with Gasteiger partial charge in [0.15, 0.2) is 0 Å². The van der Waals surface area contributed by atoms with E-state index in [9.17, 15) is 8.42 Å². The molecule has 5 nitrogen and oxygen atoms in total. The normalized spacial score (nSPS) is 11.4. The van der Waals surface area contributed by atoms with E-state index in [1.54, 1.807) is 36.4 Å². The molecule has 152 valence electrons. The van der Waals surface area contributed by atoms with E-state index in [1.165, 1.54) is 12.1 Å². The van der Waals surface area contributed by atoms with Gasteiger partial charge in [0.2, 0.25) is 26.6 Å². The first-order chi connectivity index (χ1) is 14.3. The Hall–Kier alpha value is -2.61. The summed E-state index contributed by atoms with van der Waals surface area (Å²) in [4.78, 5) is 4.47. The van der Waals surface area contributed by atoms with Crippen LogP contribution in [0.15, 0.2) is 91.6 Å². The molecule has 4 rings (SSSR count). The minimum absolute atomic E-state index is 0.0387. The summed E-state index contributed by atoms with van der Waals surface area (Å²) in [7, 11) is -3.93. The molecule has 0 aliphatic rings. The van der Waals surface area contributed by atoms with E-state index in [1.807, 2.05) is 31.2 Å². The van der Waals surface area contributed by atoms with Crippen molar-refractivity contribution < 1.29 is 12.8 Å². The maximum atomic E-state index is 13.3. The molecule has 0 aliphatic carbocycles. The van der Waals surface area contributed by atoms with Crippen molar-refractivity contribution in [2.24, 2.45) is 0 Å². The fourth-order valence-corrected chi connectivity index (χ4v) is 4.51. The third kappa shape index (κ3) is 4.28. The highest BCUT2D eigenvalue weighted by molar-refractivity contribution is 9.10. The number of aryl methyl sites for hydroxylation is 1. The van der Waals surface area contributed by atoms with Crippen molar-refractivity contribution in [3.05, 3.63) is 87.9 Å². The Bertz CT molecular complexity index is 1300. The van der Waals surface area contributed by atoms with E-state index in [4.69, 9.17) is 16.0 Å². The summed E-state index contributed by atoms with van der Waals surface area (Å²) in [6, 6.07) is 20.7. The van der Waals surface area contributed by atoms with Crippen molar-refractivity contribution >= 4 is 48.9 Å². The molecule has 0 radical (unpaired) electrons. The average molecular weight is 504 g/mol. The number of sulfone groups is 1. The predicted octanol–water partition coefficient (Wildman–Crippen LogP) is 6.64. The van der Waals surface area contributed by atoms with E-state index < -0.39 is 9.84 Å². The molecule has 0 saturated carbocycles. The summed E-state index contributed by atoms with van der Waals surface area (Å²) in [5.74, 6) is 0.252. The second-order valence-corrected chi connectivity index (χ2v) is 9.83. The van der Waals surface area contributed by atoms with Crippen LogP contribution in [0.4, 0.5) is 11.6 Å². The molecule has 8 heteroatoms. The lowest BCUT2D eigenvalue weighted by Gasteiger charge is -2.06. The van der Waals surface area contributed by atoms with Crippen LogP contribution >= 0.6 is 27.5 Å². The lowest BCUT2D eigenvalue weighted by atomic mass is 10.1. The average Bonchev–Trinajstić information content (AvgIpc) is 3.15. The van der Waals surface area contributed by atoms with Crippen LogP contribution in [-0.2, 0) is 9.84 Å². The summed E-state index contributed by atoms with van der Waals surface area (Å²) < 4.78 is 33.3. The number of hydrogen-bond donors (Lipinski definition) is 1. The Balaban J connectivity index is 1.84. The van der Waals surface area contributed by atoms with Gasteiger partial charge in [0, 0.05) is 20.7 Å². The number of benzene rings is 3. The van der Waals surface area contributed by atoms with Gasteiger partial charge in [0.25, 0.3) is 0 Å². The molecule has 30 heavy (non-hydrogen) atoms. The molecule has 0 saturated heterocycles. The highest BCUT2D eigenvalue weighted by atomic mass is 79.9. The van der Waals surface area contributed by atoms with Gasteiger partial charge in [-0.25, -0.2) is 8.42 Å². The molecule has 0 fully saturated rings. The lowest BCUT2D eigenvalue weighted by Crippen LogP contribution is -2.05. The Labute approximate surface area is 187 Å². The summed E-state index contributed by atoms with van der Waals surface area (Å²) in [5.41, 5.74) is 2.32. The summed E-state index contributed by atoms with van der Waals surface area (Å²) in [6.07, 6.45) is 0. The molecule has 0 bridgehead atoms. The van der Waals surface area contributed by atoms with Gasteiger partial charge >= 0.3 is 0 Å². The number of halogens is 2. The van der Waals surface area contributed by atoms with Gasteiger partial charge in [-0.15, -0.1) is 0 Å². The number of nitrogens with one attached hydrogen (secondary N) is 1. The first-order valence-electron chi connectivity index (χ1n) is 8.94. The van der Waals surface area contributed by atoms with E-state index >= 15 is 0 Å². The molecule has 1 N–H and O–H groups in total. The largest absolute Gasteiger partial charge is 0.419 e. The van der Waals surface area contributed by atoms with Gasteiger partial charge in [-0.3, -0.25) is 0 Å². The smallest absolute Gasteiger partial charge is 0.238 e. The topological polar surface area (TPSA) is 72.2 Å². The van der Waals surface area contributed by atoms with Crippen LogP contribution in [0.25, 0.3) is 11.5 Å². The molecule has 0 aliphatic heterocycles. The van der Waals surface area contributed by atoms with E-state index in [2.05, 4.69) is 26.2 Å². The Morgan fingerprint density at radius 1 is 1.00 bits per heavy atom. The molecule has 1 aromatic heterocycles. The quantitative estimate of drug-likeness (QED) is 0.330. The fourth-order valence-electron chi connectivity index (χ4n) is 2.86. The fraction of sp³-hybridized carbons (Fsp3) is 0.0455. The maximum absolute atomic E-state index is 13.3. The van der Waals surface area contributed by atoms with Crippen molar-refractivity contribution in [3.63, 3.8) is 0 Å². The van der Waals surface area contributed by atoms with Crippen molar-refractivity contribution in [2.75, 3.05) is 5.32 Å². The number of rotatable bonds is 5. The molecular weight excluding hydrogens is 488 g/mol. The van der Waals surface area contributed by atoms with Crippen LogP contribution in [0.3, 0.4) is 0 Å². The van der Waals surface area contributed by atoms with Gasteiger partial charge < -0.3 is 9.73 Å². The van der Waals surface area contributed by atoms with E-state index in [-0.39, 0.29) is 21.7 Å². The van der Waals surface area contributed by atoms with Gasteiger partial charge in [-0.1, -0.05) is 45.2 Å². The van der Waals surface area contributed by atoms with Crippen LogP contribution in [0, 0.1) is 6.92 Å². The minimum Gasteiger partial charge on any atom is -0.419 e. The highest BCUT2D eigenvalue weighted by Gasteiger charge is 2.28. The monoisotopic (exact) mass is 502 g/mol. The van der Waals surface area contributed by atoms with Crippen LogP contribution in [-0.4, -0.2) is 13.4 Å². The van der Waals surface area contributed by atoms with E-state index in [0.717, 1.165) is 10.0 Å². The number of oxazole rings is 1. The number of nitrogens with zero attached hydrogens (tertiary/aromatic N) is 1. The molecule has 3 aromatic carbocycles. The lowest BCUT2D eigenvalue weighted by molar-refractivity contribution is 0.582. The zero-order chi connectivity index (χ0) is 21.3. The Kier molecular flexibility index (Phi) is 5.69. The zero-order valence-corrected chi connectivity index (χ0v) is 18.9. The number of hydrogen-bond acceptors (Lipinski definition) is 5. The SMILES string of the molecule is Cc1cccc(-c2nc(S(=O)(=O)c3ccc(Br)cc3)c(Nc3ccc(Cl)cc3)o2)c1. The molecule has 0 spiro atoms. The first-order valence-corrected chi connectivity index (χ1v) is 11.6. The molecule has 1 heterocycles. The number of aromatic nitrogens is 1. The third-order valence-corrected chi connectivity index (χ3v) is 6.80. The standard InChI is InChI=1S/C22H16BrClN2O3S/c1-14-3-2-4-15(13-14)20-26-22(30(27,28)19-11-5-16(23)6-12-19)21(29-20)25-18-9-7-17(24)8-10-18/h2-13,25H,1H3. The second-order valence-electron chi connectivity index (χ2n) is 6.61. The van der Waals surface area contributed by atoms with Gasteiger partial charge in [0.1, 0.15) is 0 Å². The maximum Gasteiger partial charge on any atom is 0.238 e. The van der Waals surface area contributed by atoms with Gasteiger partial charge in [0.05, 0.1) is 4.90 Å². The van der Waals surface area contributed by atoms with Crippen LogP contribution in [0.5, 0.6) is 0 Å². The molecular formula is C22H16BrClN2O3S. The second kappa shape index (κ2) is 8.26. The minimum atomic E-state index is -3.93. The van der Waals surface area contributed by atoms with Crippen molar-refractivity contribution in [1.82, 2.24) is 4.98 Å².